The largest absolute Gasteiger partial charge is 0.279 e. The molecule has 0 saturated heterocycles. The smallest absolute Gasteiger partial charge is 0.267 e. The van der Waals surface area contributed by atoms with Crippen molar-refractivity contribution in [2.24, 2.45) is 0 Å². The number of benzene rings is 2. The van der Waals surface area contributed by atoms with Crippen LogP contribution >= 0.6 is 34.7 Å². The summed E-state index contributed by atoms with van der Waals surface area (Å²) < 4.78 is 0. The second kappa shape index (κ2) is 8.89. The van der Waals surface area contributed by atoms with Gasteiger partial charge < -0.3 is 0 Å². The number of rotatable bonds is 5. The number of hydrogen-bond acceptors (Lipinski definition) is 4. The summed E-state index contributed by atoms with van der Waals surface area (Å²) in [6, 6.07) is 18.4. The van der Waals surface area contributed by atoms with Gasteiger partial charge in [0.15, 0.2) is 0 Å². The number of thiophene rings is 1. The maximum absolute atomic E-state index is 12.1. The minimum absolute atomic E-state index is 0.329. The first kappa shape index (κ1) is 18.5. The number of nitrogens with one attached hydrogen (secondary N) is 2. The zero-order valence-electron chi connectivity index (χ0n) is 13.6. The molecule has 2 N–H and O–H groups in total. The normalized spacial score (nSPS) is 10.3. The monoisotopic (exact) mass is 402 g/mol. The predicted molar refractivity (Wildman–Crippen MR) is 107 cm³/mol. The number of hydrazine groups is 1. The summed E-state index contributed by atoms with van der Waals surface area (Å²) in [7, 11) is 0. The topological polar surface area (TPSA) is 58.2 Å². The van der Waals surface area contributed by atoms with Crippen molar-refractivity contribution in [3.63, 3.8) is 0 Å². The molecule has 0 aliphatic heterocycles. The quantitative estimate of drug-likeness (QED) is 0.477. The molecule has 26 heavy (non-hydrogen) atoms. The Bertz CT molecular complexity index is 879. The molecule has 0 aliphatic carbocycles. The van der Waals surface area contributed by atoms with E-state index in [-0.39, 0.29) is 11.8 Å². The van der Waals surface area contributed by atoms with Gasteiger partial charge in [0, 0.05) is 21.2 Å². The molecule has 0 atom stereocenters. The molecule has 4 nitrogen and oxygen atoms in total. The first-order valence-corrected chi connectivity index (χ1v) is 9.97. The van der Waals surface area contributed by atoms with Gasteiger partial charge in [-0.2, -0.15) is 0 Å². The molecule has 3 rings (SSSR count). The summed E-state index contributed by atoms with van der Waals surface area (Å²) in [5.41, 5.74) is 6.41. The van der Waals surface area contributed by atoms with Crippen molar-refractivity contribution in [2.75, 3.05) is 0 Å². The fourth-order valence-electron chi connectivity index (χ4n) is 2.10. The number of carbonyl (C=O) groups is 2. The molecule has 1 heterocycles. The Morgan fingerprint density at radius 1 is 0.923 bits per heavy atom. The number of carbonyl (C=O) groups excluding carboxylic acids is 2. The number of amides is 2. The van der Waals surface area contributed by atoms with E-state index < -0.39 is 0 Å². The molecule has 3 aromatic rings. The predicted octanol–water partition coefficient (Wildman–Crippen LogP) is 4.77. The van der Waals surface area contributed by atoms with Gasteiger partial charge in [-0.3, -0.25) is 20.4 Å². The second-order valence-corrected chi connectivity index (χ2v) is 7.76. The van der Waals surface area contributed by atoms with Gasteiger partial charge in [0.25, 0.3) is 11.8 Å². The Morgan fingerprint density at radius 2 is 1.62 bits per heavy atom. The van der Waals surface area contributed by atoms with Crippen LogP contribution in [0.4, 0.5) is 0 Å². The Balaban J connectivity index is 1.50. The van der Waals surface area contributed by atoms with E-state index in [2.05, 4.69) is 10.9 Å². The summed E-state index contributed by atoms with van der Waals surface area (Å²) in [6.07, 6.45) is 0. The van der Waals surface area contributed by atoms with Crippen molar-refractivity contribution in [1.29, 1.82) is 0 Å². The molecule has 132 valence electrons. The Kier molecular flexibility index (Phi) is 6.33. The fourth-order valence-corrected chi connectivity index (χ4v) is 3.70. The zero-order valence-corrected chi connectivity index (χ0v) is 16.0. The van der Waals surface area contributed by atoms with Gasteiger partial charge in [-0.15, -0.1) is 23.1 Å². The molecule has 2 amide bonds. The van der Waals surface area contributed by atoms with Crippen molar-refractivity contribution < 1.29 is 9.59 Å². The van der Waals surface area contributed by atoms with Crippen LogP contribution in [0.3, 0.4) is 0 Å². The van der Waals surface area contributed by atoms with Crippen LogP contribution in [0.25, 0.3) is 0 Å². The molecule has 0 radical (unpaired) electrons. The third-order valence-corrected chi connectivity index (χ3v) is 5.67. The maximum Gasteiger partial charge on any atom is 0.279 e. The summed E-state index contributed by atoms with van der Waals surface area (Å²) in [5.74, 6) is 0.106. The zero-order chi connectivity index (χ0) is 18.4. The average Bonchev–Trinajstić information content (AvgIpc) is 3.21. The Hall–Kier alpha value is -2.28. The summed E-state index contributed by atoms with van der Waals surface area (Å²) in [4.78, 5) is 25.6. The van der Waals surface area contributed by atoms with Crippen molar-refractivity contribution in [2.45, 2.75) is 10.6 Å². The molecule has 7 heteroatoms. The minimum Gasteiger partial charge on any atom is -0.267 e. The summed E-state index contributed by atoms with van der Waals surface area (Å²) in [6.45, 7) is 0. The third-order valence-electron chi connectivity index (χ3n) is 3.47. The van der Waals surface area contributed by atoms with Crippen molar-refractivity contribution >= 4 is 46.5 Å². The van der Waals surface area contributed by atoms with Crippen molar-refractivity contribution in [3.05, 3.63) is 87.1 Å². The van der Waals surface area contributed by atoms with Crippen LogP contribution < -0.4 is 10.9 Å². The molecular formula is C19H15ClN2O2S2. The Morgan fingerprint density at radius 3 is 2.27 bits per heavy atom. The average molecular weight is 403 g/mol. The third kappa shape index (κ3) is 5.11. The minimum atomic E-state index is -0.355. The van der Waals surface area contributed by atoms with E-state index >= 15 is 0 Å². The van der Waals surface area contributed by atoms with Gasteiger partial charge in [-0.05, 0) is 53.4 Å². The van der Waals surface area contributed by atoms with Gasteiger partial charge in [0.05, 0.1) is 4.88 Å². The van der Waals surface area contributed by atoms with E-state index in [4.69, 9.17) is 11.6 Å². The molecule has 2 aromatic carbocycles. The molecule has 0 bridgehead atoms. The lowest BCUT2D eigenvalue weighted by Gasteiger charge is -2.07. The van der Waals surface area contributed by atoms with E-state index in [9.17, 15) is 9.59 Å². The van der Waals surface area contributed by atoms with Crippen LogP contribution in [-0.2, 0) is 5.75 Å². The molecule has 0 unspecified atom stereocenters. The van der Waals surface area contributed by atoms with E-state index in [0.29, 0.717) is 10.4 Å². The molecule has 0 aliphatic rings. The van der Waals surface area contributed by atoms with E-state index in [1.165, 1.54) is 11.3 Å². The van der Waals surface area contributed by atoms with Crippen LogP contribution in [0.5, 0.6) is 0 Å². The second-order valence-electron chi connectivity index (χ2n) is 5.33. The van der Waals surface area contributed by atoms with E-state index in [1.54, 1.807) is 41.4 Å². The lowest BCUT2D eigenvalue weighted by Crippen LogP contribution is -2.41. The summed E-state index contributed by atoms with van der Waals surface area (Å²) in [5, 5.41) is 2.52. The molecule has 1 aromatic heterocycles. The van der Waals surface area contributed by atoms with Crippen molar-refractivity contribution in [1.82, 2.24) is 10.9 Å². The molecule has 0 fully saturated rings. The Labute approximate surface area is 164 Å². The first-order chi connectivity index (χ1) is 12.6. The van der Waals surface area contributed by atoms with Gasteiger partial charge >= 0.3 is 0 Å². The van der Waals surface area contributed by atoms with Crippen LogP contribution in [0.2, 0.25) is 5.02 Å². The lowest BCUT2D eigenvalue weighted by atomic mass is 10.1. The van der Waals surface area contributed by atoms with Crippen LogP contribution in [0, 0.1) is 0 Å². The van der Waals surface area contributed by atoms with Gasteiger partial charge in [0.1, 0.15) is 0 Å². The molecule has 0 spiro atoms. The van der Waals surface area contributed by atoms with Crippen molar-refractivity contribution in [3.8, 4) is 0 Å². The standard InChI is InChI=1S/C19H15ClN2O2S2/c20-15-7-9-16(10-8-15)26-12-13-3-5-14(6-4-13)18(23)21-22-19(24)17-2-1-11-25-17/h1-11H,12H2,(H,21,23)(H,22,24). The summed E-state index contributed by atoms with van der Waals surface area (Å²) >= 11 is 8.88. The first-order valence-electron chi connectivity index (χ1n) is 7.73. The van der Waals surface area contributed by atoms with E-state index in [0.717, 1.165) is 21.2 Å². The highest BCUT2D eigenvalue weighted by Gasteiger charge is 2.09. The van der Waals surface area contributed by atoms with Crippen LogP contribution in [0.1, 0.15) is 25.6 Å². The number of thioether (sulfide) groups is 1. The SMILES string of the molecule is O=C(NNC(=O)c1cccs1)c1ccc(CSc2ccc(Cl)cc2)cc1. The van der Waals surface area contributed by atoms with Gasteiger partial charge in [-0.1, -0.05) is 29.8 Å². The van der Waals surface area contributed by atoms with Crippen LogP contribution in [0.15, 0.2) is 70.9 Å². The highest BCUT2D eigenvalue weighted by Crippen LogP contribution is 2.24. The lowest BCUT2D eigenvalue weighted by molar-refractivity contribution is 0.0849. The van der Waals surface area contributed by atoms with Gasteiger partial charge in [0.2, 0.25) is 0 Å². The number of hydrogen-bond donors (Lipinski definition) is 2. The maximum atomic E-state index is 12.1. The molecule has 0 saturated carbocycles. The highest BCUT2D eigenvalue weighted by molar-refractivity contribution is 7.98. The number of halogens is 1. The fraction of sp³-hybridized carbons (Fsp3) is 0.0526. The van der Waals surface area contributed by atoms with Crippen LogP contribution in [-0.4, -0.2) is 11.8 Å². The highest BCUT2D eigenvalue weighted by atomic mass is 35.5. The van der Waals surface area contributed by atoms with Gasteiger partial charge in [-0.25, -0.2) is 0 Å². The molecular weight excluding hydrogens is 388 g/mol. The van der Waals surface area contributed by atoms with E-state index in [1.807, 2.05) is 36.4 Å².